The van der Waals surface area contributed by atoms with Crippen molar-refractivity contribution >= 4 is 5.97 Å². The second kappa shape index (κ2) is 5.15. The molecule has 0 bridgehead atoms. The van der Waals surface area contributed by atoms with E-state index in [1.165, 1.54) is 7.11 Å². The van der Waals surface area contributed by atoms with Crippen molar-refractivity contribution < 1.29 is 14.3 Å². The third kappa shape index (κ3) is 3.76. The van der Waals surface area contributed by atoms with E-state index in [-0.39, 0.29) is 23.6 Å². The first-order valence-electron chi connectivity index (χ1n) is 5.82. The molecular formula is C12H23NO3. The fourth-order valence-electron chi connectivity index (χ4n) is 2.39. The molecule has 0 aliphatic carbocycles. The topological polar surface area (TPSA) is 38.8 Å². The molecule has 1 saturated heterocycles. The predicted octanol–water partition coefficient (Wildman–Crippen LogP) is 1.29. The van der Waals surface area contributed by atoms with Crippen LogP contribution in [0.5, 0.6) is 0 Å². The Hall–Kier alpha value is -0.610. The molecule has 1 heterocycles. The molecule has 2 unspecified atom stereocenters. The minimum Gasteiger partial charge on any atom is -0.469 e. The normalized spacial score (nSPS) is 27.4. The number of ether oxygens (including phenoxy) is 2. The zero-order chi connectivity index (χ0) is 12.3. The Morgan fingerprint density at radius 2 is 2.25 bits per heavy atom. The van der Waals surface area contributed by atoms with Crippen molar-refractivity contribution in [3.05, 3.63) is 0 Å². The van der Waals surface area contributed by atoms with E-state index in [4.69, 9.17) is 9.47 Å². The Morgan fingerprint density at radius 1 is 1.62 bits per heavy atom. The molecule has 4 heteroatoms. The molecule has 4 nitrogen and oxygen atoms in total. The highest BCUT2D eigenvalue weighted by Gasteiger charge is 2.32. The van der Waals surface area contributed by atoms with Crippen molar-refractivity contribution in [2.75, 3.05) is 26.7 Å². The van der Waals surface area contributed by atoms with Gasteiger partial charge in [0, 0.05) is 19.6 Å². The highest BCUT2D eigenvalue weighted by molar-refractivity contribution is 5.72. The minimum absolute atomic E-state index is 0.0777. The lowest BCUT2D eigenvalue weighted by Crippen LogP contribution is -2.53. The Bertz CT molecular complexity index is 253. The Balaban J connectivity index is 2.51. The molecule has 0 amide bonds. The number of nitrogens with zero attached hydrogens (tertiary/aromatic N) is 1. The zero-order valence-electron chi connectivity index (χ0n) is 10.9. The molecule has 1 fully saturated rings. The molecule has 1 aliphatic heterocycles. The van der Waals surface area contributed by atoms with E-state index in [1.807, 2.05) is 6.92 Å². The van der Waals surface area contributed by atoms with E-state index in [0.29, 0.717) is 0 Å². The van der Waals surface area contributed by atoms with Gasteiger partial charge in [-0.25, -0.2) is 0 Å². The highest BCUT2D eigenvalue weighted by atomic mass is 16.5. The van der Waals surface area contributed by atoms with Gasteiger partial charge in [-0.1, -0.05) is 6.92 Å². The Kier molecular flexibility index (Phi) is 4.33. The van der Waals surface area contributed by atoms with Gasteiger partial charge in [0.15, 0.2) is 0 Å². The lowest BCUT2D eigenvalue weighted by atomic mass is 10.0. The first-order chi connectivity index (χ1) is 7.34. The SMILES string of the molecule is COC(=O)C(C)CN1CC(C)OC(C)(C)C1. The lowest BCUT2D eigenvalue weighted by molar-refractivity contribution is -0.151. The van der Waals surface area contributed by atoms with Gasteiger partial charge < -0.3 is 9.47 Å². The van der Waals surface area contributed by atoms with Crippen LogP contribution in [0, 0.1) is 5.92 Å². The summed E-state index contributed by atoms with van der Waals surface area (Å²) in [5, 5.41) is 0. The second-order valence-electron chi connectivity index (χ2n) is 5.31. The minimum atomic E-state index is -0.142. The van der Waals surface area contributed by atoms with E-state index in [2.05, 4.69) is 25.7 Å². The van der Waals surface area contributed by atoms with Gasteiger partial charge in [0.05, 0.1) is 24.7 Å². The second-order valence-corrected chi connectivity index (χ2v) is 5.31. The number of morpholine rings is 1. The number of hydrogen-bond acceptors (Lipinski definition) is 4. The van der Waals surface area contributed by atoms with Gasteiger partial charge >= 0.3 is 5.97 Å². The van der Waals surface area contributed by atoms with E-state index >= 15 is 0 Å². The molecule has 0 aromatic rings. The van der Waals surface area contributed by atoms with Gasteiger partial charge in [0.1, 0.15) is 0 Å². The summed E-state index contributed by atoms with van der Waals surface area (Å²) < 4.78 is 10.5. The average Bonchev–Trinajstić information content (AvgIpc) is 2.12. The maximum Gasteiger partial charge on any atom is 0.309 e. The van der Waals surface area contributed by atoms with Crippen LogP contribution in [-0.2, 0) is 14.3 Å². The number of carbonyl (C=O) groups is 1. The predicted molar refractivity (Wildman–Crippen MR) is 62.2 cm³/mol. The summed E-state index contributed by atoms with van der Waals surface area (Å²) >= 11 is 0. The van der Waals surface area contributed by atoms with Gasteiger partial charge in [-0.15, -0.1) is 0 Å². The number of carbonyl (C=O) groups excluding carboxylic acids is 1. The maximum absolute atomic E-state index is 11.3. The Morgan fingerprint density at radius 3 is 2.75 bits per heavy atom. The molecule has 0 saturated carbocycles. The smallest absolute Gasteiger partial charge is 0.309 e. The third-order valence-electron chi connectivity index (χ3n) is 2.78. The standard InChI is InChI=1S/C12H23NO3/c1-9(11(14)15-5)6-13-7-10(2)16-12(3,4)8-13/h9-10H,6-8H2,1-5H3. The van der Waals surface area contributed by atoms with Gasteiger partial charge in [-0.3, -0.25) is 9.69 Å². The summed E-state index contributed by atoms with van der Waals surface area (Å²) in [6, 6.07) is 0. The van der Waals surface area contributed by atoms with Crippen LogP contribution in [0.4, 0.5) is 0 Å². The molecule has 1 rings (SSSR count). The highest BCUT2D eigenvalue weighted by Crippen LogP contribution is 2.21. The first-order valence-corrected chi connectivity index (χ1v) is 5.82. The summed E-state index contributed by atoms with van der Waals surface area (Å²) in [6.45, 7) is 10.6. The number of hydrogen-bond donors (Lipinski definition) is 0. The monoisotopic (exact) mass is 229 g/mol. The largest absolute Gasteiger partial charge is 0.469 e. The fourth-order valence-corrected chi connectivity index (χ4v) is 2.39. The van der Waals surface area contributed by atoms with Gasteiger partial charge in [-0.2, -0.15) is 0 Å². The summed E-state index contributed by atoms with van der Waals surface area (Å²) in [7, 11) is 1.44. The molecule has 0 N–H and O–H groups in total. The van der Waals surface area contributed by atoms with Crippen LogP contribution >= 0.6 is 0 Å². The van der Waals surface area contributed by atoms with E-state index < -0.39 is 0 Å². The molecule has 16 heavy (non-hydrogen) atoms. The van der Waals surface area contributed by atoms with Crippen LogP contribution in [0.2, 0.25) is 0 Å². The van der Waals surface area contributed by atoms with E-state index in [9.17, 15) is 4.79 Å². The number of esters is 1. The van der Waals surface area contributed by atoms with Crippen LogP contribution in [0.3, 0.4) is 0 Å². The molecule has 0 aromatic carbocycles. The third-order valence-corrected chi connectivity index (χ3v) is 2.78. The average molecular weight is 229 g/mol. The molecule has 1 aliphatic rings. The van der Waals surface area contributed by atoms with Crippen molar-refractivity contribution in [3.8, 4) is 0 Å². The van der Waals surface area contributed by atoms with Crippen LogP contribution in [-0.4, -0.2) is 49.3 Å². The lowest BCUT2D eigenvalue weighted by Gasteiger charge is -2.42. The van der Waals surface area contributed by atoms with E-state index in [0.717, 1.165) is 19.6 Å². The molecular weight excluding hydrogens is 206 g/mol. The Labute approximate surface area is 97.9 Å². The zero-order valence-corrected chi connectivity index (χ0v) is 10.9. The first kappa shape index (κ1) is 13.5. The maximum atomic E-state index is 11.3. The van der Waals surface area contributed by atoms with Crippen molar-refractivity contribution in [2.24, 2.45) is 5.92 Å². The van der Waals surface area contributed by atoms with Gasteiger partial charge in [0.25, 0.3) is 0 Å². The number of methoxy groups -OCH3 is 1. The quantitative estimate of drug-likeness (QED) is 0.684. The summed E-state index contributed by atoms with van der Waals surface area (Å²) in [5.74, 6) is -0.219. The molecule has 94 valence electrons. The van der Waals surface area contributed by atoms with Gasteiger partial charge in [-0.05, 0) is 20.8 Å². The molecule has 2 atom stereocenters. The van der Waals surface area contributed by atoms with Crippen LogP contribution < -0.4 is 0 Å². The van der Waals surface area contributed by atoms with E-state index in [1.54, 1.807) is 0 Å². The molecule has 0 spiro atoms. The van der Waals surface area contributed by atoms with Crippen LogP contribution in [0.1, 0.15) is 27.7 Å². The summed E-state index contributed by atoms with van der Waals surface area (Å²) in [6.07, 6.45) is 0.216. The van der Waals surface area contributed by atoms with Crippen molar-refractivity contribution in [1.82, 2.24) is 4.90 Å². The fraction of sp³-hybridized carbons (Fsp3) is 0.917. The van der Waals surface area contributed by atoms with Gasteiger partial charge in [0.2, 0.25) is 0 Å². The summed E-state index contributed by atoms with van der Waals surface area (Å²) in [4.78, 5) is 13.6. The molecule has 0 aromatic heterocycles. The number of rotatable bonds is 3. The van der Waals surface area contributed by atoms with Crippen molar-refractivity contribution in [1.29, 1.82) is 0 Å². The molecule has 0 radical (unpaired) electrons. The van der Waals surface area contributed by atoms with Crippen molar-refractivity contribution in [2.45, 2.75) is 39.4 Å². The summed E-state index contributed by atoms with van der Waals surface area (Å²) in [5.41, 5.74) is -0.131. The van der Waals surface area contributed by atoms with Crippen LogP contribution in [0.25, 0.3) is 0 Å². The van der Waals surface area contributed by atoms with Crippen LogP contribution in [0.15, 0.2) is 0 Å². The van der Waals surface area contributed by atoms with Crippen molar-refractivity contribution in [3.63, 3.8) is 0 Å².